The maximum atomic E-state index is 6.18. The van der Waals surface area contributed by atoms with Crippen molar-refractivity contribution in [2.45, 2.75) is 129 Å². The lowest BCUT2D eigenvalue weighted by Gasteiger charge is -2.12. The van der Waals surface area contributed by atoms with E-state index in [-0.39, 0.29) is 0 Å². The minimum Gasteiger partial charge on any atom is -0.328 e. The van der Waals surface area contributed by atoms with E-state index in [2.05, 4.69) is 13.8 Å². The Morgan fingerprint density at radius 3 is 1.00 bits per heavy atom. The van der Waals surface area contributed by atoms with Gasteiger partial charge in [-0.2, -0.15) is 0 Å². The van der Waals surface area contributed by atoms with Gasteiger partial charge in [0.1, 0.15) is 0 Å². The third-order valence-corrected chi connectivity index (χ3v) is 4.76. The molecule has 22 heavy (non-hydrogen) atoms. The zero-order valence-electron chi connectivity index (χ0n) is 15.6. The molecular formula is C20H44N2. The van der Waals surface area contributed by atoms with Crippen molar-refractivity contribution in [3.8, 4) is 0 Å². The zero-order chi connectivity index (χ0) is 16.5. The maximum absolute atomic E-state index is 6.18. The fourth-order valence-corrected chi connectivity index (χ4v) is 3.12. The van der Waals surface area contributed by atoms with Crippen LogP contribution >= 0.6 is 0 Å². The van der Waals surface area contributed by atoms with Gasteiger partial charge in [0.15, 0.2) is 0 Å². The van der Waals surface area contributed by atoms with Gasteiger partial charge in [0, 0.05) is 12.1 Å². The van der Waals surface area contributed by atoms with Crippen LogP contribution in [0.4, 0.5) is 0 Å². The lowest BCUT2D eigenvalue weighted by molar-refractivity contribution is 0.468. The van der Waals surface area contributed by atoms with E-state index in [9.17, 15) is 0 Å². The molecule has 0 rings (SSSR count). The molecule has 0 bridgehead atoms. The van der Waals surface area contributed by atoms with Crippen LogP contribution in [0.3, 0.4) is 0 Å². The first-order valence-corrected chi connectivity index (χ1v) is 10.2. The number of hydrogen-bond acceptors (Lipinski definition) is 2. The van der Waals surface area contributed by atoms with E-state index in [1.165, 1.54) is 103 Å². The predicted molar refractivity (Wildman–Crippen MR) is 101 cm³/mol. The average Bonchev–Trinajstić information content (AvgIpc) is 2.51. The Labute approximate surface area is 140 Å². The van der Waals surface area contributed by atoms with Crippen molar-refractivity contribution in [3.63, 3.8) is 0 Å². The van der Waals surface area contributed by atoms with Gasteiger partial charge in [-0.1, -0.05) is 90.9 Å². The van der Waals surface area contributed by atoms with Gasteiger partial charge >= 0.3 is 0 Å². The van der Waals surface area contributed by atoms with Crippen molar-refractivity contribution >= 4 is 0 Å². The molecule has 0 heterocycles. The second-order valence-electron chi connectivity index (χ2n) is 7.21. The fraction of sp³-hybridized carbons (Fsp3) is 1.00. The van der Waals surface area contributed by atoms with Gasteiger partial charge in [-0.25, -0.2) is 0 Å². The summed E-state index contributed by atoms with van der Waals surface area (Å²) in [6, 6.07) is 0.885. The summed E-state index contributed by atoms with van der Waals surface area (Å²) in [7, 11) is 0. The lowest BCUT2D eigenvalue weighted by atomic mass is 9.99. The van der Waals surface area contributed by atoms with Crippen LogP contribution in [0.2, 0.25) is 0 Å². The summed E-state index contributed by atoms with van der Waals surface area (Å²) >= 11 is 0. The molecule has 0 aliphatic rings. The van der Waals surface area contributed by atoms with E-state index in [1.807, 2.05) is 0 Å². The molecular weight excluding hydrogens is 268 g/mol. The van der Waals surface area contributed by atoms with Crippen LogP contribution in [0.5, 0.6) is 0 Å². The SMILES string of the molecule is CCCCCCC(N)CCCCCCC(N)CCCCCC. The molecule has 0 saturated heterocycles. The van der Waals surface area contributed by atoms with E-state index in [4.69, 9.17) is 11.5 Å². The molecule has 0 aromatic rings. The highest BCUT2D eigenvalue weighted by atomic mass is 14.6. The minimum absolute atomic E-state index is 0.442. The number of hydrogen-bond donors (Lipinski definition) is 2. The van der Waals surface area contributed by atoms with Gasteiger partial charge in [0.05, 0.1) is 0 Å². The van der Waals surface area contributed by atoms with Gasteiger partial charge in [-0.15, -0.1) is 0 Å². The van der Waals surface area contributed by atoms with Gasteiger partial charge in [0.25, 0.3) is 0 Å². The standard InChI is InChI=1S/C20H44N2/c1-3-5-7-11-15-19(21)17-13-9-10-14-18-20(22)16-12-8-6-4-2/h19-20H,3-18,21-22H2,1-2H3. The Morgan fingerprint density at radius 2 is 0.727 bits per heavy atom. The van der Waals surface area contributed by atoms with Crippen molar-refractivity contribution < 1.29 is 0 Å². The Bertz CT molecular complexity index is 184. The van der Waals surface area contributed by atoms with Crippen molar-refractivity contribution in [1.29, 1.82) is 0 Å². The zero-order valence-corrected chi connectivity index (χ0v) is 15.6. The van der Waals surface area contributed by atoms with Gasteiger partial charge in [0.2, 0.25) is 0 Å². The largest absolute Gasteiger partial charge is 0.328 e. The first-order valence-electron chi connectivity index (χ1n) is 10.2. The molecule has 2 nitrogen and oxygen atoms in total. The highest BCUT2D eigenvalue weighted by Gasteiger charge is 2.04. The molecule has 134 valence electrons. The van der Waals surface area contributed by atoms with Crippen LogP contribution in [-0.4, -0.2) is 12.1 Å². The van der Waals surface area contributed by atoms with E-state index < -0.39 is 0 Å². The maximum Gasteiger partial charge on any atom is 0.00388 e. The van der Waals surface area contributed by atoms with Crippen molar-refractivity contribution in [1.82, 2.24) is 0 Å². The smallest absolute Gasteiger partial charge is 0.00388 e. The Hall–Kier alpha value is -0.0800. The quantitative estimate of drug-likeness (QED) is 0.327. The summed E-state index contributed by atoms with van der Waals surface area (Å²) in [6.45, 7) is 4.52. The van der Waals surface area contributed by atoms with E-state index in [0.717, 1.165) is 0 Å². The first-order chi connectivity index (χ1) is 10.7. The highest BCUT2D eigenvalue weighted by molar-refractivity contribution is 4.64. The second kappa shape index (κ2) is 17.3. The summed E-state index contributed by atoms with van der Waals surface area (Å²) in [5.41, 5.74) is 12.4. The molecule has 0 amide bonds. The average molecular weight is 313 g/mol. The van der Waals surface area contributed by atoms with Crippen LogP contribution in [0, 0.1) is 0 Å². The van der Waals surface area contributed by atoms with Crippen LogP contribution in [-0.2, 0) is 0 Å². The highest BCUT2D eigenvalue weighted by Crippen LogP contribution is 2.13. The molecule has 2 heteroatoms. The summed E-state index contributed by atoms with van der Waals surface area (Å²) in [5.74, 6) is 0. The molecule has 0 saturated carbocycles. The second-order valence-corrected chi connectivity index (χ2v) is 7.21. The van der Waals surface area contributed by atoms with Gasteiger partial charge in [-0.3, -0.25) is 0 Å². The Balaban J connectivity index is 3.24. The van der Waals surface area contributed by atoms with Crippen LogP contribution in [0.25, 0.3) is 0 Å². The van der Waals surface area contributed by atoms with Gasteiger partial charge < -0.3 is 11.5 Å². The van der Waals surface area contributed by atoms with Crippen molar-refractivity contribution in [3.05, 3.63) is 0 Å². The minimum atomic E-state index is 0.442. The molecule has 0 aliphatic heterocycles. The Kier molecular flexibility index (Phi) is 17.2. The molecule has 0 aromatic carbocycles. The predicted octanol–water partition coefficient (Wildman–Crippen LogP) is 5.92. The third-order valence-electron chi connectivity index (χ3n) is 4.76. The molecule has 0 fully saturated rings. The monoisotopic (exact) mass is 312 g/mol. The summed E-state index contributed by atoms with van der Waals surface area (Å²) in [6.07, 6.45) is 20.9. The fourth-order valence-electron chi connectivity index (χ4n) is 3.12. The van der Waals surface area contributed by atoms with Gasteiger partial charge in [-0.05, 0) is 25.7 Å². The van der Waals surface area contributed by atoms with E-state index in [1.54, 1.807) is 0 Å². The summed E-state index contributed by atoms with van der Waals surface area (Å²) in [5, 5.41) is 0. The molecule has 0 aromatic heterocycles. The lowest BCUT2D eigenvalue weighted by Crippen LogP contribution is -2.20. The van der Waals surface area contributed by atoms with Crippen LogP contribution < -0.4 is 11.5 Å². The molecule has 0 aliphatic carbocycles. The molecule has 2 unspecified atom stereocenters. The summed E-state index contributed by atoms with van der Waals surface area (Å²) < 4.78 is 0. The number of nitrogens with two attached hydrogens (primary N) is 2. The van der Waals surface area contributed by atoms with Crippen molar-refractivity contribution in [2.75, 3.05) is 0 Å². The van der Waals surface area contributed by atoms with E-state index >= 15 is 0 Å². The van der Waals surface area contributed by atoms with Crippen molar-refractivity contribution in [2.24, 2.45) is 11.5 Å². The molecule has 0 spiro atoms. The number of unbranched alkanes of at least 4 members (excludes halogenated alkanes) is 9. The molecule has 2 atom stereocenters. The van der Waals surface area contributed by atoms with Crippen LogP contribution in [0.15, 0.2) is 0 Å². The first kappa shape index (κ1) is 21.9. The van der Waals surface area contributed by atoms with Crippen LogP contribution in [0.1, 0.15) is 117 Å². The third kappa shape index (κ3) is 16.3. The number of rotatable bonds is 17. The molecule has 4 N–H and O–H groups in total. The Morgan fingerprint density at radius 1 is 0.455 bits per heavy atom. The molecule has 0 radical (unpaired) electrons. The summed E-state index contributed by atoms with van der Waals surface area (Å²) in [4.78, 5) is 0. The van der Waals surface area contributed by atoms with E-state index in [0.29, 0.717) is 12.1 Å². The topological polar surface area (TPSA) is 52.0 Å². The normalized spacial score (nSPS) is 14.2.